The molecule has 2 aromatic rings. The van der Waals surface area contributed by atoms with Crippen LogP contribution in [-0.2, 0) is 4.79 Å². The van der Waals surface area contributed by atoms with E-state index in [9.17, 15) is 9.18 Å². The van der Waals surface area contributed by atoms with Crippen molar-refractivity contribution in [2.75, 3.05) is 29.9 Å². The van der Waals surface area contributed by atoms with Crippen LogP contribution in [0.5, 0.6) is 5.75 Å². The minimum absolute atomic E-state index is 0.0378. The standard InChI is InChI=1S/C17H17BrFN3O2/c18-12-3-5-15(14(19)9-12)24-11-17(23)21-13-4-6-16(20-10-13)22-7-1-2-8-22/h3-6,9-10H,1-2,7-8,11H2,(H,21,23). The number of hydrogen-bond acceptors (Lipinski definition) is 4. The lowest BCUT2D eigenvalue weighted by Gasteiger charge is -2.16. The smallest absolute Gasteiger partial charge is 0.262 e. The predicted octanol–water partition coefficient (Wildman–Crippen LogP) is 3.60. The van der Waals surface area contributed by atoms with Crippen LogP contribution in [0.25, 0.3) is 0 Å². The van der Waals surface area contributed by atoms with Crippen LogP contribution in [-0.4, -0.2) is 30.6 Å². The second-order valence-corrected chi connectivity index (χ2v) is 6.43. The number of carbonyl (C=O) groups excluding carboxylic acids is 1. The summed E-state index contributed by atoms with van der Waals surface area (Å²) in [4.78, 5) is 18.5. The van der Waals surface area contributed by atoms with Gasteiger partial charge in [-0.2, -0.15) is 0 Å². The second-order valence-electron chi connectivity index (χ2n) is 5.51. The van der Waals surface area contributed by atoms with Crippen molar-refractivity contribution in [1.29, 1.82) is 0 Å². The monoisotopic (exact) mass is 393 g/mol. The van der Waals surface area contributed by atoms with Gasteiger partial charge in [-0.3, -0.25) is 4.79 Å². The molecular weight excluding hydrogens is 377 g/mol. The average molecular weight is 394 g/mol. The summed E-state index contributed by atoms with van der Waals surface area (Å²) < 4.78 is 19.4. The highest BCUT2D eigenvalue weighted by Crippen LogP contribution is 2.22. The van der Waals surface area contributed by atoms with E-state index >= 15 is 0 Å². The molecule has 1 fully saturated rings. The van der Waals surface area contributed by atoms with E-state index in [1.807, 2.05) is 6.07 Å². The van der Waals surface area contributed by atoms with E-state index in [0.717, 1.165) is 18.9 Å². The van der Waals surface area contributed by atoms with E-state index in [-0.39, 0.29) is 18.3 Å². The molecule has 0 atom stereocenters. The summed E-state index contributed by atoms with van der Waals surface area (Å²) in [6, 6.07) is 8.10. The number of rotatable bonds is 5. The highest BCUT2D eigenvalue weighted by molar-refractivity contribution is 9.10. The normalized spacial score (nSPS) is 13.8. The van der Waals surface area contributed by atoms with E-state index in [4.69, 9.17) is 4.74 Å². The van der Waals surface area contributed by atoms with Crippen LogP contribution in [0.15, 0.2) is 41.0 Å². The van der Waals surface area contributed by atoms with Crippen LogP contribution in [0.4, 0.5) is 15.9 Å². The van der Waals surface area contributed by atoms with Crippen molar-refractivity contribution in [3.05, 3.63) is 46.8 Å². The molecule has 1 aliphatic heterocycles. The first-order valence-corrected chi connectivity index (χ1v) is 8.50. The molecule has 0 radical (unpaired) electrons. The van der Waals surface area contributed by atoms with Gasteiger partial charge in [0, 0.05) is 17.6 Å². The lowest BCUT2D eigenvalue weighted by atomic mass is 10.3. The summed E-state index contributed by atoms with van der Waals surface area (Å²) in [7, 11) is 0. The largest absolute Gasteiger partial charge is 0.481 e. The molecule has 0 bridgehead atoms. The number of nitrogens with zero attached hydrogens (tertiary/aromatic N) is 2. The van der Waals surface area contributed by atoms with Crippen LogP contribution in [0.2, 0.25) is 0 Å². The van der Waals surface area contributed by atoms with Gasteiger partial charge in [-0.05, 0) is 43.2 Å². The number of amides is 1. The zero-order valence-electron chi connectivity index (χ0n) is 13.0. The Balaban J connectivity index is 1.52. The number of halogens is 2. The van der Waals surface area contributed by atoms with Crippen molar-refractivity contribution < 1.29 is 13.9 Å². The molecule has 5 nitrogen and oxygen atoms in total. The summed E-state index contributed by atoms with van der Waals surface area (Å²) in [5.74, 6) is 0.0661. The maximum absolute atomic E-state index is 13.6. The fraction of sp³-hybridized carbons (Fsp3) is 0.294. The summed E-state index contributed by atoms with van der Waals surface area (Å²) in [6.45, 7) is 1.77. The fourth-order valence-electron chi connectivity index (χ4n) is 2.53. The lowest BCUT2D eigenvalue weighted by Crippen LogP contribution is -2.21. The molecule has 1 amide bonds. The minimum Gasteiger partial charge on any atom is -0.481 e. The molecule has 1 N–H and O–H groups in total. The van der Waals surface area contributed by atoms with Gasteiger partial charge in [0.15, 0.2) is 18.2 Å². The number of pyridine rings is 1. The second kappa shape index (κ2) is 7.61. The molecule has 2 heterocycles. The van der Waals surface area contributed by atoms with Gasteiger partial charge >= 0.3 is 0 Å². The van der Waals surface area contributed by atoms with Gasteiger partial charge in [-0.15, -0.1) is 0 Å². The molecule has 126 valence electrons. The van der Waals surface area contributed by atoms with Crippen molar-refractivity contribution in [3.63, 3.8) is 0 Å². The first kappa shape index (κ1) is 16.7. The number of carbonyl (C=O) groups is 1. The molecule has 3 rings (SSSR count). The zero-order chi connectivity index (χ0) is 16.9. The first-order valence-electron chi connectivity index (χ1n) is 7.70. The third-order valence-electron chi connectivity index (χ3n) is 3.71. The molecule has 1 aromatic carbocycles. The maximum Gasteiger partial charge on any atom is 0.262 e. The minimum atomic E-state index is -0.520. The molecule has 0 unspecified atom stereocenters. The molecule has 0 saturated carbocycles. The molecular formula is C17H17BrFN3O2. The van der Waals surface area contributed by atoms with Crippen molar-refractivity contribution in [3.8, 4) is 5.75 Å². The van der Waals surface area contributed by atoms with Gasteiger partial charge in [0.1, 0.15) is 5.82 Å². The van der Waals surface area contributed by atoms with Gasteiger partial charge in [0.2, 0.25) is 0 Å². The number of nitrogens with one attached hydrogen (secondary N) is 1. The van der Waals surface area contributed by atoms with Crippen LogP contribution < -0.4 is 15.0 Å². The molecule has 24 heavy (non-hydrogen) atoms. The highest BCUT2D eigenvalue weighted by Gasteiger charge is 2.13. The van der Waals surface area contributed by atoms with Gasteiger partial charge < -0.3 is 15.0 Å². The summed E-state index contributed by atoms with van der Waals surface area (Å²) in [5, 5.41) is 2.68. The number of hydrogen-bond donors (Lipinski definition) is 1. The number of anilines is 2. The highest BCUT2D eigenvalue weighted by atomic mass is 79.9. The molecule has 0 spiro atoms. The summed E-state index contributed by atoms with van der Waals surface area (Å²) in [6.07, 6.45) is 3.99. The third-order valence-corrected chi connectivity index (χ3v) is 4.21. The summed E-state index contributed by atoms with van der Waals surface area (Å²) >= 11 is 3.17. The number of benzene rings is 1. The molecule has 1 aromatic heterocycles. The maximum atomic E-state index is 13.6. The van der Waals surface area contributed by atoms with Gasteiger partial charge in [0.05, 0.1) is 11.9 Å². The predicted molar refractivity (Wildman–Crippen MR) is 93.9 cm³/mol. The Morgan fingerprint density at radius 3 is 2.75 bits per heavy atom. The Morgan fingerprint density at radius 2 is 2.08 bits per heavy atom. The van der Waals surface area contributed by atoms with Gasteiger partial charge in [-0.25, -0.2) is 9.37 Å². The van der Waals surface area contributed by atoms with Gasteiger partial charge in [-0.1, -0.05) is 15.9 Å². The fourth-order valence-corrected chi connectivity index (χ4v) is 2.86. The van der Waals surface area contributed by atoms with Crippen molar-refractivity contribution >= 4 is 33.3 Å². The zero-order valence-corrected chi connectivity index (χ0v) is 14.6. The van der Waals surface area contributed by atoms with Crippen LogP contribution in [0.3, 0.4) is 0 Å². The molecule has 1 saturated heterocycles. The average Bonchev–Trinajstić information content (AvgIpc) is 3.09. The molecule has 1 aliphatic rings. The van der Waals surface area contributed by atoms with Crippen molar-refractivity contribution in [2.45, 2.75) is 12.8 Å². The van der Waals surface area contributed by atoms with E-state index in [1.165, 1.54) is 25.0 Å². The van der Waals surface area contributed by atoms with Crippen LogP contribution in [0.1, 0.15) is 12.8 Å². The SMILES string of the molecule is O=C(COc1ccc(Br)cc1F)Nc1ccc(N2CCCC2)nc1. The van der Waals surface area contributed by atoms with E-state index in [2.05, 4.69) is 31.1 Å². The van der Waals surface area contributed by atoms with E-state index < -0.39 is 5.82 Å². The van der Waals surface area contributed by atoms with Crippen LogP contribution in [0, 0.1) is 5.82 Å². The van der Waals surface area contributed by atoms with E-state index in [0.29, 0.717) is 10.2 Å². The summed E-state index contributed by atoms with van der Waals surface area (Å²) in [5.41, 5.74) is 0.586. The Morgan fingerprint density at radius 1 is 1.29 bits per heavy atom. The topological polar surface area (TPSA) is 54.5 Å². The van der Waals surface area contributed by atoms with Crippen LogP contribution >= 0.6 is 15.9 Å². The quantitative estimate of drug-likeness (QED) is 0.842. The van der Waals surface area contributed by atoms with Crippen molar-refractivity contribution in [2.24, 2.45) is 0 Å². The first-order chi connectivity index (χ1) is 11.6. The number of aromatic nitrogens is 1. The van der Waals surface area contributed by atoms with Crippen molar-refractivity contribution in [1.82, 2.24) is 4.98 Å². The lowest BCUT2D eigenvalue weighted by molar-refractivity contribution is -0.118. The molecule has 7 heteroatoms. The Labute approximate surface area is 148 Å². The third kappa shape index (κ3) is 4.23. The molecule has 0 aliphatic carbocycles. The Bertz CT molecular complexity index is 718. The Kier molecular flexibility index (Phi) is 5.30. The van der Waals surface area contributed by atoms with Gasteiger partial charge in [0.25, 0.3) is 5.91 Å². The Hall–Kier alpha value is -2.15. The number of ether oxygens (including phenoxy) is 1. The van der Waals surface area contributed by atoms with E-state index in [1.54, 1.807) is 18.3 Å².